The predicted octanol–water partition coefficient (Wildman–Crippen LogP) is 2.80. The van der Waals surface area contributed by atoms with Gasteiger partial charge in [-0.1, -0.05) is 18.5 Å². The van der Waals surface area contributed by atoms with Crippen molar-refractivity contribution in [2.75, 3.05) is 28.6 Å². The molecular formula is C21H24ClN5O3. The number of fused-ring (bicyclic) bond motifs is 1. The monoisotopic (exact) mass is 429 g/mol. The Hall–Kier alpha value is -2.87. The first-order chi connectivity index (χ1) is 14.4. The highest BCUT2D eigenvalue weighted by Crippen LogP contribution is 2.26. The molecule has 0 spiro atoms. The van der Waals surface area contributed by atoms with Crippen molar-refractivity contribution < 1.29 is 9.59 Å². The fraction of sp³-hybridized carbons (Fsp3) is 0.429. The van der Waals surface area contributed by atoms with Crippen molar-refractivity contribution in [3.63, 3.8) is 0 Å². The average Bonchev–Trinajstić information content (AvgIpc) is 2.71. The molecule has 9 heteroatoms. The molecule has 1 atom stereocenters. The molecule has 1 fully saturated rings. The summed E-state index contributed by atoms with van der Waals surface area (Å²) in [4.78, 5) is 47.0. The zero-order chi connectivity index (χ0) is 21.3. The van der Waals surface area contributed by atoms with Gasteiger partial charge in [0.2, 0.25) is 17.8 Å². The van der Waals surface area contributed by atoms with Gasteiger partial charge >= 0.3 is 0 Å². The molecule has 3 N–H and O–H groups in total. The summed E-state index contributed by atoms with van der Waals surface area (Å²) >= 11 is 5.85. The molecule has 1 aromatic carbocycles. The number of amides is 2. The van der Waals surface area contributed by atoms with Gasteiger partial charge in [-0.15, -0.1) is 0 Å². The van der Waals surface area contributed by atoms with Crippen LogP contribution in [0.2, 0.25) is 5.02 Å². The lowest BCUT2D eigenvalue weighted by Crippen LogP contribution is -2.39. The molecule has 2 aliphatic heterocycles. The second-order valence-electron chi connectivity index (χ2n) is 8.04. The third-order valence-corrected chi connectivity index (χ3v) is 5.96. The van der Waals surface area contributed by atoms with E-state index in [0.717, 1.165) is 25.9 Å². The van der Waals surface area contributed by atoms with E-state index < -0.39 is 5.92 Å². The minimum atomic E-state index is -0.630. The van der Waals surface area contributed by atoms with Crippen molar-refractivity contribution >= 4 is 40.9 Å². The van der Waals surface area contributed by atoms with Gasteiger partial charge in [0.15, 0.2) is 0 Å². The maximum absolute atomic E-state index is 12.7. The third kappa shape index (κ3) is 4.48. The Morgan fingerprint density at radius 1 is 1.23 bits per heavy atom. The maximum Gasteiger partial charge on any atom is 0.257 e. The Bertz CT molecular complexity index is 1010. The Morgan fingerprint density at radius 3 is 2.63 bits per heavy atom. The van der Waals surface area contributed by atoms with Crippen molar-refractivity contribution in [2.24, 2.45) is 11.8 Å². The van der Waals surface area contributed by atoms with Gasteiger partial charge < -0.3 is 15.5 Å². The molecule has 2 aromatic rings. The van der Waals surface area contributed by atoms with E-state index in [1.807, 2.05) is 4.90 Å². The topological polar surface area (TPSA) is 107 Å². The molecule has 1 saturated heterocycles. The number of benzene rings is 1. The second kappa shape index (κ2) is 8.47. The number of carbonyl (C=O) groups excluding carboxylic acids is 2. The molecule has 0 radical (unpaired) electrons. The molecule has 2 aliphatic rings. The van der Waals surface area contributed by atoms with Crippen LogP contribution in [0.3, 0.4) is 0 Å². The van der Waals surface area contributed by atoms with E-state index in [1.54, 1.807) is 24.3 Å². The van der Waals surface area contributed by atoms with Crippen LogP contribution in [0, 0.1) is 11.8 Å². The van der Waals surface area contributed by atoms with Crippen LogP contribution in [0.5, 0.6) is 0 Å². The molecule has 30 heavy (non-hydrogen) atoms. The van der Waals surface area contributed by atoms with Crippen molar-refractivity contribution in [1.29, 1.82) is 0 Å². The number of piperidine rings is 1. The van der Waals surface area contributed by atoms with Gasteiger partial charge in [-0.05, 0) is 49.4 Å². The number of hydrogen-bond acceptors (Lipinski definition) is 5. The number of halogens is 1. The number of carbonyl (C=O) groups is 2. The highest BCUT2D eigenvalue weighted by atomic mass is 35.5. The lowest BCUT2D eigenvalue weighted by atomic mass is 9.92. The van der Waals surface area contributed by atoms with Crippen molar-refractivity contribution in [2.45, 2.75) is 32.6 Å². The standard InChI is InChI=1S/C21H24ClN5O3/c1-12-6-8-27(9-7-12)21-25-18-16(20(30)26-21)10-13(19(29)24-18)11-17(28)23-15-4-2-14(22)3-5-15/h2-5,12-13H,6-11H2,1H3,(H,23,28)(H2,24,25,26,29,30)/t13-/m0/s1. The molecule has 4 rings (SSSR count). The molecule has 0 unspecified atom stereocenters. The molecule has 158 valence electrons. The number of anilines is 3. The van der Waals surface area contributed by atoms with Crippen LogP contribution in [0.15, 0.2) is 29.1 Å². The number of rotatable bonds is 4. The number of aromatic amines is 1. The highest BCUT2D eigenvalue weighted by Gasteiger charge is 2.32. The van der Waals surface area contributed by atoms with Gasteiger partial charge in [0, 0.05) is 30.2 Å². The maximum atomic E-state index is 12.7. The summed E-state index contributed by atoms with van der Waals surface area (Å²) in [5.74, 6) is 0.213. The number of hydrogen-bond donors (Lipinski definition) is 3. The van der Waals surface area contributed by atoms with Gasteiger partial charge in [0.05, 0.1) is 11.5 Å². The van der Waals surface area contributed by atoms with Gasteiger partial charge in [0.1, 0.15) is 5.82 Å². The van der Waals surface area contributed by atoms with Gasteiger partial charge in [-0.3, -0.25) is 19.4 Å². The van der Waals surface area contributed by atoms with Crippen LogP contribution in [-0.4, -0.2) is 34.9 Å². The van der Waals surface area contributed by atoms with Crippen LogP contribution in [0.1, 0.15) is 31.7 Å². The zero-order valence-corrected chi connectivity index (χ0v) is 17.5. The quantitative estimate of drug-likeness (QED) is 0.692. The number of nitrogens with one attached hydrogen (secondary N) is 3. The lowest BCUT2D eigenvalue weighted by molar-refractivity contribution is -0.125. The van der Waals surface area contributed by atoms with Gasteiger partial charge in [-0.25, -0.2) is 0 Å². The average molecular weight is 430 g/mol. The molecule has 0 aliphatic carbocycles. The van der Waals surface area contributed by atoms with E-state index in [-0.39, 0.29) is 30.2 Å². The molecule has 0 bridgehead atoms. The fourth-order valence-electron chi connectivity index (χ4n) is 3.84. The van der Waals surface area contributed by atoms with E-state index >= 15 is 0 Å². The number of H-pyrrole nitrogens is 1. The van der Waals surface area contributed by atoms with E-state index in [1.165, 1.54) is 0 Å². The number of aromatic nitrogens is 2. The first-order valence-corrected chi connectivity index (χ1v) is 10.5. The van der Waals surface area contributed by atoms with E-state index in [0.29, 0.717) is 34.0 Å². The van der Waals surface area contributed by atoms with Crippen molar-refractivity contribution in [1.82, 2.24) is 9.97 Å². The smallest absolute Gasteiger partial charge is 0.257 e. The van der Waals surface area contributed by atoms with Crippen LogP contribution in [-0.2, 0) is 16.0 Å². The molecule has 1 aromatic heterocycles. The zero-order valence-electron chi connectivity index (χ0n) is 16.7. The van der Waals surface area contributed by atoms with Crippen LogP contribution < -0.4 is 21.1 Å². The molecular weight excluding hydrogens is 406 g/mol. The summed E-state index contributed by atoms with van der Waals surface area (Å²) in [5.41, 5.74) is 0.741. The van der Waals surface area contributed by atoms with Gasteiger partial charge in [-0.2, -0.15) is 4.98 Å². The summed E-state index contributed by atoms with van der Waals surface area (Å²) < 4.78 is 0. The van der Waals surface area contributed by atoms with Crippen molar-refractivity contribution in [3.8, 4) is 0 Å². The fourth-order valence-corrected chi connectivity index (χ4v) is 3.97. The first kappa shape index (κ1) is 20.4. The third-order valence-electron chi connectivity index (χ3n) is 5.71. The van der Waals surface area contributed by atoms with Gasteiger partial charge in [0.25, 0.3) is 5.56 Å². The molecule has 3 heterocycles. The first-order valence-electron chi connectivity index (χ1n) is 10.1. The van der Waals surface area contributed by atoms with E-state index in [9.17, 15) is 14.4 Å². The summed E-state index contributed by atoms with van der Waals surface area (Å²) in [5, 5.41) is 6.04. The minimum absolute atomic E-state index is 0.0287. The molecule has 8 nitrogen and oxygen atoms in total. The summed E-state index contributed by atoms with van der Waals surface area (Å²) in [7, 11) is 0. The lowest BCUT2D eigenvalue weighted by Gasteiger charge is -2.31. The Labute approximate surface area is 179 Å². The Morgan fingerprint density at radius 2 is 1.93 bits per heavy atom. The largest absolute Gasteiger partial charge is 0.342 e. The summed E-state index contributed by atoms with van der Waals surface area (Å²) in [6, 6.07) is 6.72. The normalized spacial score (nSPS) is 19.2. The summed E-state index contributed by atoms with van der Waals surface area (Å²) in [6.07, 6.45) is 2.23. The SMILES string of the molecule is CC1CCN(c2nc3c(c(=O)[nH]2)C[C@@H](CC(=O)Nc2ccc(Cl)cc2)C(=O)N3)CC1. The Balaban J connectivity index is 1.45. The van der Waals surface area contributed by atoms with Crippen molar-refractivity contribution in [3.05, 3.63) is 45.2 Å². The molecule has 0 saturated carbocycles. The van der Waals surface area contributed by atoms with Crippen LogP contribution >= 0.6 is 11.6 Å². The summed E-state index contributed by atoms with van der Waals surface area (Å²) in [6.45, 7) is 3.86. The highest BCUT2D eigenvalue weighted by molar-refractivity contribution is 6.30. The van der Waals surface area contributed by atoms with E-state index in [2.05, 4.69) is 27.5 Å². The Kier molecular flexibility index (Phi) is 5.76. The van der Waals surface area contributed by atoms with E-state index in [4.69, 9.17) is 11.6 Å². The van der Waals surface area contributed by atoms with Crippen LogP contribution in [0.4, 0.5) is 17.5 Å². The van der Waals surface area contributed by atoms with Crippen LogP contribution in [0.25, 0.3) is 0 Å². The molecule has 2 amide bonds. The minimum Gasteiger partial charge on any atom is -0.342 e. The number of nitrogens with zero attached hydrogens (tertiary/aromatic N) is 2. The second-order valence-corrected chi connectivity index (χ2v) is 8.47. The predicted molar refractivity (Wildman–Crippen MR) is 116 cm³/mol.